The molecular weight excluding hydrogens is 348 g/mol. The minimum absolute atomic E-state index is 0.00823. The molecule has 2 aromatic rings. The average Bonchev–Trinajstić information content (AvgIpc) is 2.73. The molecule has 2 amide bonds. The van der Waals surface area contributed by atoms with E-state index in [0.717, 1.165) is 23.7 Å². The van der Waals surface area contributed by atoms with Gasteiger partial charge in [-0.25, -0.2) is 0 Å². The highest BCUT2D eigenvalue weighted by Crippen LogP contribution is 2.31. The van der Waals surface area contributed by atoms with Crippen LogP contribution < -0.4 is 10.6 Å². The Labute approximate surface area is 166 Å². The second kappa shape index (κ2) is 8.59. The molecule has 1 aliphatic carbocycles. The maximum absolute atomic E-state index is 12.5. The zero-order valence-corrected chi connectivity index (χ0v) is 16.2. The van der Waals surface area contributed by atoms with E-state index in [-0.39, 0.29) is 11.8 Å². The van der Waals surface area contributed by atoms with Crippen LogP contribution in [0.4, 0.5) is 5.69 Å². The SMILES string of the molecule is O=C1CCc2cc(C(=O)NC[C@H]3CC[C@@H](Cc4ccccc4)CC3)ccc2N1. The molecular formula is C24H28N2O2. The standard InChI is InChI=1S/C24H28N2O2/c27-23-13-11-20-15-21(10-12-22(20)26-23)24(28)25-16-19-8-6-18(7-9-19)14-17-4-2-1-3-5-17/h1-5,10,12,15,18-19H,6-9,11,13-14,16H2,(H,25,28)(H,26,27)/t18-,19+. The van der Waals surface area contributed by atoms with Gasteiger partial charge in [-0.15, -0.1) is 0 Å². The third-order valence-electron chi connectivity index (χ3n) is 6.15. The summed E-state index contributed by atoms with van der Waals surface area (Å²) in [6.07, 6.45) is 7.23. The number of fused-ring (bicyclic) bond motifs is 1. The van der Waals surface area contributed by atoms with Gasteiger partial charge >= 0.3 is 0 Å². The molecule has 1 saturated carbocycles. The molecule has 1 fully saturated rings. The summed E-state index contributed by atoms with van der Waals surface area (Å²) in [6, 6.07) is 16.3. The van der Waals surface area contributed by atoms with Crippen LogP contribution in [-0.4, -0.2) is 18.4 Å². The smallest absolute Gasteiger partial charge is 0.251 e. The summed E-state index contributed by atoms with van der Waals surface area (Å²) in [7, 11) is 0. The van der Waals surface area contributed by atoms with Gasteiger partial charge in [0.1, 0.15) is 0 Å². The van der Waals surface area contributed by atoms with Gasteiger partial charge in [-0.3, -0.25) is 9.59 Å². The molecule has 0 aromatic heterocycles. The van der Waals surface area contributed by atoms with E-state index in [1.54, 1.807) is 6.07 Å². The molecule has 4 heteroatoms. The quantitative estimate of drug-likeness (QED) is 0.815. The summed E-state index contributed by atoms with van der Waals surface area (Å²) in [5, 5.41) is 5.98. The van der Waals surface area contributed by atoms with Crippen molar-refractivity contribution >= 4 is 17.5 Å². The van der Waals surface area contributed by atoms with E-state index in [9.17, 15) is 9.59 Å². The summed E-state index contributed by atoms with van der Waals surface area (Å²) < 4.78 is 0. The van der Waals surface area contributed by atoms with Crippen molar-refractivity contribution in [1.82, 2.24) is 5.32 Å². The first-order valence-corrected chi connectivity index (χ1v) is 10.4. The Morgan fingerprint density at radius 3 is 2.50 bits per heavy atom. The number of anilines is 1. The van der Waals surface area contributed by atoms with Crippen LogP contribution in [0.2, 0.25) is 0 Å². The Bertz CT molecular complexity index is 839. The number of amides is 2. The lowest BCUT2D eigenvalue weighted by molar-refractivity contribution is -0.116. The summed E-state index contributed by atoms with van der Waals surface area (Å²) in [5.41, 5.74) is 4.01. The van der Waals surface area contributed by atoms with Crippen LogP contribution in [0.25, 0.3) is 0 Å². The van der Waals surface area contributed by atoms with Crippen molar-refractivity contribution in [2.45, 2.75) is 44.9 Å². The normalized spacial score (nSPS) is 21.5. The average molecular weight is 377 g/mol. The summed E-state index contributed by atoms with van der Waals surface area (Å²) >= 11 is 0. The first kappa shape index (κ1) is 18.7. The van der Waals surface area contributed by atoms with Gasteiger partial charge in [0, 0.05) is 24.2 Å². The maximum Gasteiger partial charge on any atom is 0.251 e. The second-order valence-corrected chi connectivity index (χ2v) is 8.21. The van der Waals surface area contributed by atoms with Gasteiger partial charge in [0.15, 0.2) is 0 Å². The number of benzene rings is 2. The van der Waals surface area contributed by atoms with E-state index >= 15 is 0 Å². The Morgan fingerprint density at radius 2 is 1.71 bits per heavy atom. The number of hydrogen-bond acceptors (Lipinski definition) is 2. The Kier molecular flexibility index (Phi) is 5.75. The fourth-order valence-electron chi connectivity index (χ4n) is 4.45. The Morgan fingerprint density at radius 1 is 0.964 bits per heavy atom. The van der Waals surface area contributed by atoms with Gasteiger partial charge < -0.3 is 10.6 Å². The van der Waals surface area contributed by atoms with E-state index in [0.29, 0.717) is 24.3 Å². The molecule has 4 nitrogen and oxygen atoms in total. The predicted octanol–water partition coefficient (Wildman–Crippen LogP) is 4.35. The zero-order valence-electron chi connectivity index (χ0n) is 16.2. The zero-order chi connectivity index (χ0) is 19.3. The van der Waals surface area contributed by atoms with Gasteiger partial charge in [0.25, 0.3) is 5.91 Å². The van der Waals surface area contributed by atoms with Crippen LogP contribution in [-0.2, 0) is 17.6 Å². The van der Waals surface area contributed by atoms with Crippen molar-refractivity contribution in [3.63, 3.8) is 0 Å². The number of carbonyl (C=O) groups excluding carboxylic acids is 2. The molecule has 0 radical (unpaired) electrons. The Hall–Kier alpha value is -2.62. The lowest BCUT2D eigenvalue weighted by atomic mass is 9.79. The molecule has 0 spiro atoms. The maximum atomic E-state index is 12.5. The van der Waals surface area contributed by atoms with Crippen LogP contribution in [0.1, 0.15) is 53.6 Å². The first-order valence-electron chi connectivity index (χ1n) is 10.4. The highest BCUT2D eigenvalue weighted by atomic mass is 16.2. The molecule has 0 saturated heterocycles. The summed E-state index contributed by atoms with van der Waals surface area (Å²) in [5.74, 6) is 1.39. The molecule has 146 valence electrons. The van der Waals surface area contributed by atoms with Gasteiger partial charge in [0.05, 0.1) is 0 Å². The molecule has 0 atom stereocenters. The number of rotatable bonds is 5. The monoisotopic (exact) mass is 376 g/mol. The molecule has 0 unspecified atom stereocenters. The third-order valence-corrected chi connectivity index (χ3v) is 6.15. The molecule has 28 heavy (non-hydrogen) atoms. The fourth-order valence-corrected chi connectivity index (χ4v) is 4.45. The van der Waals surface area contributed by atoms with Crippen molar-refractivity contribution in [3.05, 3.63) is 65.2 Å². The third kappa shape index (κ3) is 4.61. The molecule has 2 N–H and O–H groups in total. The number of carbonyl (C=O) groups is 2. The Balaban J connectivity index is 1.24. The second-order valence-electron chi connectivity index (χ2n) is 8.21. The number of aryl methyl sites for hydroxylation is 1. The summed E-state index contributed by atoms with van der Waals surface area (Å²) in [6.45, 7) is 0.755. The van der Waals surface area contributed by atoms with Crippen LogP contribution in [0, 0.1) is 11.8 Å². The van der Waals surface area contributed by atoms with Crippen molar-refractivity contribution < 1.29 is 9.59 Å². The molecule has 0 bridgehead atoms. The van der Waals surface area contributed by atoms with E-state index < -0.39 is 0 Å². The van der Waals surface area contributed by atoms with Crippen LogP contribution in [0.3, 0.4) is 0 Å². The largest absolute Gasteiger partial charge is 0.352 e. The number of nitrogens with one attached hydrogen (secondary N) is 2. The van der Waals surface area contributed by atoms with Gasteiger partial charge in [-0.1, -0.05) is 30.3 Å². The highest BCUT2D eigenvalue weighted by Gasteiger charge is 2.22. The van der Waals surface area contributed by atoms with Crippen LogP contribution >= 0.6 is 0 Å². The first-order chi connectivity index (χ1) is 13.7. The lowest BCUT2D eigenvalue weighted by Gasteiger charge is -2.28. The van der Waals surface area contributed by atoms with Crippen molar-refractivity contribution in [1.29, 1.82) is 0 Å². The molecule has 2 aliphatic rings. The highest BCUT2D eigenvalue weighted by molar-refractivity contribution is 5.97. The van der Waals surface area contributed by atoms with Crippen molar-refractivity contribution in [2.24, 2.45) is 11.8 Å². The molecule has 1 aliphatic heterocycles. The topological polar surface area (TPSA) is 58.2 Å². The summed E-state index contributed by atoms with van der Waals surface area (Å²) in [4.78, 5) is 24.0. The van der Waals surface area contributed by atoms with Crippen LogP contribution in [0.5, 0.6) is 0 Å². The number of hydrogen-bond donors (Lipinski definition) is 2. The van der Waals surface area contributed by atoms with E-state index in [1.165, 1.54) is 37.7 Å². The van der Waals surface area contributed by atoms with Gasteiger partial charge in [0.2, 0.25) is 5.91 Å². The minimum Gasteiger partial charge on any atom is -0.352 e. The van der Waals surface area contributed by atoms with Gasteiger partial charge in [-0.05, 0) is 79.7 Å². The van der Waals surface area contributed by atoms with Crippen molar-refractivity contribution in [2.75, 3.05) is 11.9 Å². The molecule has 1 heterocycles. The van der Waals surface area contributed by atoms with Gasteiger partial charge in [-0.2, -0.15) is 0 Å². The van der Waals surface area contributed by atoms with Crippen LogP contribution in [0.15, 0.2) is 48.5 Å². The predicted molar refractivity (Wildman–Crippen MR) is 111 cm³/mol. The fraction of sp³-hybridized carbons (Fsp3) is 0.417. The molecule has 4 rings (SSSR count). The lowest BCUT2D eigenvalue weighted by Crippen LogP contribution is -2.31. The van der Waals surface area contributed by atoms with E-state index in [2.05, 4.69) is 41.0 Å². The molecule has 2 aromatic carbocycles. The van der Waals surface area contributed by atoms with E-state index in [4.69, 9.17) is 0 Å². The minimum atomic E-state index is -0.00823. The van der Waals surface area contributed by atoms with E-state index in [1.807, 2.05) is 12.1 Å². The van der Waals surface area contributed by atoms with Crippen molar-refractivity contribution in [3.8, 4) is 0 Å².